The van der Waals surface area contributed by atoms with Gasteiger partial charge in [-0.3, -0.25) is 4.79 Å². The minimum Gasteiger partial charge on any atom is -0.378 e. The summed E-state index contributed by atoms with van der Waals surface area (Å²) in [6.07, 6.45) is 10.4. The maximum absolute atomic E-state index is 11.8. The molecule has 3 nitrogen and oxygen atoms in total. The number of alkyl halides is 1. The van der Waals surface area contributed by atoms with Gasteiger partial charge in [0.2, 0.25) is 5.91 Å². The SMILES string of the molecule is O=C(CCC1CCCCO1)NCC1CCC(Br)CC1. The lowest BCUT2D eigenvalue weighted by Gasteiger charge is -2.25. The molecule has 4 heteroatoms. The van der Waals surface area contributed by atoms with Crippen LogP contribution in [-0.4, -0.2) is 30.0 Å². The highest BCUT2D eigenvalue weighted by Gasteiger charge is 2.20. The van der Waals surface area contributed by atoms with Crippen LogP contribution in [0.5, 0.6) is 0 Å². The molecule has 1 saturated carbocycles. The Balaban J connectivity index is 1.54. The second kappa shape index (κ2) is 8.25. The first-order chi connectivity index (χ1) is 9.24. The molecule has 1 amide bonds. The van der Waals surface area contributed by atoms with E-state index in [4.69, 9.17) is 4.74 Å². The molecular formula is C15H26BrNO2. The van der Waals surface area contributed by atoms with E-state index in [1.165, 1.54) is 38.5 Å². The molecule has 1 N–H and O–H groups in total. The van der Waals surface area contributed by atoms with Crippen molar-refractivity contribution in [1.29, 1.82) is 0 Å². The molecule has 0 aromatic carbocycles. The second-order valence-electron chi connectivity index (χ2n) is 5.95. The fourth-order valence-electron chi connectivity index (χ4n) is 3.00. The van der Waals surface area contributed by atoms with Crippen molar-refractivity contribution < 1.29 is 9.53 Å². The summed E-state index contributed by atoms with van der Waals surface area (Å²) in [7, 11) is 0. The zero-order chi connectivity index (χ0) is 13.5. The van der Waals surface area contributed by atoms with Gasteiger partial charge in [0.05, 0.1) is 6.10 Å². The van der Waals surface area contributed by atoms with Crippen LogP contribution in [0.4, 0.5) is 0 Å². The molecule has 1 atom stereocenters. The first-order valence-electron chi connectivity index (χ1n) is 7.76. The van der Waals surface area contributed by atoms with Crippen molar-refractivity contribution in [3.63, 3.8) is 0 Å². The third kappa shape index (κ3) is 5.82. The lowest BCUT2D eigenvalue weighted by Crippen LogP contribution is -2.32. The molecule has 1 aliphatic heterocycles. The van der Waals surface area contributed by atoms with E-state index < -0.39 is 0 Å². The van der Waals surface area contributed by atoms with E-state index in [0.717, 1.165) is 26.0 Å². The summed E-state index contributed by atoms with van der Waals surface area (Å²) in [6, 6.07) is 0. The fourth-order valence-corrected chi connectivity index (χ4v) is 3.53. The van der Waals surface area contributed by atoms with Crippen LogP contribution < -0.4 is 5.32 Å². The third-order valence-corrected chi connectivity index (χ3v) is 5.25. The van der Waals surface area contributed by atoms with Crippen molar-refractivity contribution in [3.8, 4) is 0 Å². The summed E-state index contributed by atoms with van der Waals surface area (Å²) in [5.41, 5.74) is 0. The Hall–Kier alpha value is -0.0900. The van der Waals surface area contributed by atoms with Gasteiger partial charge in [-0.25, -0.2) is 0 Å². The van der Waals surface area contributed by atoms with E-state index >= 15 is 0 Å². The Morgan fingerprint density at radius 3 is 2.63 bits per heavy atom. The molecule has 110 valence electrons. The monoisotopic (exact) mass is 331 g/mol. The first-order valence-corrected chi connectivity index (χ1v) is 8.68. The smallest absolute Gasteiger partial charge is 0.220 e. The summed E-state index contributed by atoms with van der Waals surface area (Å²) in [6.45, 7) is 1.74. The number of nitrogens with one attached hydrogen (secondary N) is 1. The van der Waals surface area contributed by atoms with Crippen LogP contribution in [0.25, 0.3) is 0 Å². The van der Waals surface area contributed by atoms with E-state index in [9.17, 15) is 4.79 Å². The Labute approximate surface area is 125 Å². The topological polar surface area (TPSA) is 38.3 Å². The largest absolute Gasteiger partial charge is 0.378 e. The Morgan fingerprint density at radius 1 is 1.16 bits per heavy atom. The summed E-state index contributed by atoms with van der Waals surface area (Å²) >= 11 is 3.66. The van der Waals surface area contributed by atoms with Crippen LogP contribution in [0.3, 0.4) is 0 Å². The van der Waals surface area contributed by atoms with E-state index in [0.29, 0.717) is 23.3 Å². The Kier molecular flexibility index (Phi) is 6.65. The lowest BCUT2D eigenvalue weighted by atomic mass is 9.89. The summed E-state index contributed by atoms with van der Waals surface area (Å²) in [5.74, 6) is 0.888. The number of hydrogen-bond acceptors (Lipinski definition) is 2. The number of carbonyl (C=O) groups excluding carboxylic acids is 1. The van der Waals surface area contributed by atoms with Crippen LogP contribution in [-0.2, 0) is 9.53 Å². The van der Waals surface area contributed by atoms with Gasteiger partial charge in [-0.1, -0.05) is 15.9 Å². The van der Waals surface area contributed by atoms with Crippen molar-refractivity contribution in [3.05, 3.63) is 0 Å². The molecule has 2 rings (SSSR count). The number of carbonyl (C=O) groups is 1. The van der Waals surface area contributed by atoms with Crippen molar-refractivity contribution in [2.24, 2.45) is 5.92 Å². The van der Waals surface area contributed by atoms with Gasteiger partial charge in [0, 0.05) is 24.4 Å². The zero-order valence-electron chi connectivity index (χ0n) is 11.7. The van der Waals surface area contributed by atoms with Gasteiger partial charge in [0.25, 0.3) is 0 Å². The highest BCUT2D eigenvalue weighted by molar-refractivity contribution is 9.09. The Bertz CT molecular complexity index is 271. The number of halogens is 1. The van der Waals surface area contributed by atoms with Crippen molar-refractivity contribution in [1.82, 2.24) is 5.32 Å². The van der Waals surface area contributed by atoms with Gasteiger partial charge in [-0.15, -0.1) is 0 Å². The third-order valence-electron chi connectivity index (χ3n) is 4.33. The minimum atomic E-state index is 0.204. The quantitative estimate of drug-likeness (QED) is 0.784. The standard InChI is InChI=1S/C15H26BrNO2/c16-13-6-4-12(5-7-13)11-17-15(18)9-8-14-3-1-2-10-19-14/h12-14H,1-11H2,(H,17,18). The summed E-state index contributed by atoms with van der Waals surface area (Å²) < 4.78 is 5.65. The summed E-state index contributed by atoms with van der Waals surface area (Å²) in [5, 5.41) is 3.10. The normalized spacial score (nSPS) is 31.9. The second-order valence-corrected chi connectivity index (χ2v) is 7.24. The molecule has 19 heavy (non-hydrogen) atoms. The van der Waals surface area contributed by atoms with Crippen molar-refractivity contribution in [2.75, 3.05) is 13.2 Å². The average molecular weight is 332 g/mol. The number of hydrogen-bond donors (Lipinski definition) is 1. The van der Waals surface area contributed by atoms with Gasteiger partial charge in [-0.05, 0) is 57.3 Å². The average Bonchev–Trinajstić information content (AvgIpc) is 2.45. The van der Waals surface area contributed by atoms with E-state index in [1.54, 1.807) is 0 Å². The number of amides is 1. The highest BCUT2D eigenvalue weighted by Crippen LogP contribution is 2.28. The van der Waals surface area contributed by atoms with Crippen LogP contribution in [0.15, 0.2) is 0 Å². The van der Waals surface area contributed by atoms with E-state index in [1.807, 2.05) is 0 Å². The predicted molar refractivity (Wildman–Crippen MR) is 80.5 cm³/mol. The Morgan fingerprint density at radius 2 is 1.95 bits per heavy atom. The molecule has 0 spiro atoms. The highest BCUT2D eigenvalue weighted by atomic mass is 79.9. The molecule has 0 aromatic heterocycles. The molecule has 1 unspecified atom stereocenters. The predicted octanol–water partition coefficient (Wildman–Crippen LogP) is 3.41. The molecular weight excluding hydrogens is 306 g/mol. The van der Waals surface area contributed by atoms with Crippen LogP contribution in [0.2, 0.25) is 0 Å². The molecule has 1 heterocycles. The van der Waals surface area contributed by atoms with Gasteiger partial charge in [-0.2, -0.15) is 0 Å². The van der Waals surface area contributed by atoms with Gasteiger partial charge in [0.15, 0.2) is 0 Å². The van der Waals surface area contributed by atoms with Crippen molar-refractivity contribution in [2.45, 2.75) is 68.7 Å². The molecule has 2 fully saturated rings. The zero-order valence-corrected chi connectivity index (χ0v) is 13.3. The molecule has 0 bridgehead atoms. The van der Waals surface area contributed by atoms with Crippen LogP contribution in [0, 0.1) is 5.92 Å². The molecule has 0 radical (unpaired) electrons. The fraction of sp³-hybridized carbons (Fsp3) is 0.933. The molecule has 2 aliphatic rings. The number of rotatable bonds is 5. The maximum atomic E-state index is 11.8. The van der Waals surface area contributed by atoms with E-state index in [-0.39, 0.29) is 5.91 Å². The first kappa shape index (κ1) is 15.3. The lowest BCUT2D eigenvalue weighted by molar-refractivity contribution is -0.122. The van der Waals surface area contributed by atoms with E-state index in [2.05, 4.69) is 21.2 Å². The van der Waals surface area contributed by atoms with Gasteiger partial charge < -0.3 is 10.1 Å². The number of ether oxygens (including phenoxy) is 1. The molecule has 1 aliphatic carbocycles. The van der Waals surface area contributed by atoms with Crippen LogP contribution in [0.1, 0.15) is 57.8 Å². The maximum Gasteiger partial charge on any atom is 0.220 e. The van der Waals surface area contributed by atoms with Crippen molar-refractivity contribution >= 4 is 21.8 Å². The molecule has 0 aromatic rings. The van der Waals surface area contributed by atoms with Gasteiger partial charge >= 0.3 is 0 Å². The van der Waals surface area contributed by atoms with Gasteiger partial charge in [0.1, 0.15) is 0 Å². The molecule has 1 saturated heterocycles. The van der Waals surface area contributed by atoms with Crippen LogP contribution >= 0.6 is 15.9 Å². The summed E-state index contributed by atoms with van der Waals surface area (Å²) in [4.78, 5) is 12.5. The minimum absolute atomic E-state index is 0.204.